The lowest BCUT2D eigenvalue weighted by Gasteiger charge is -2.11. The highest BCUT2D eigenvalue weighted by Crippen LogP contribution is 2.25. The monoisotopic (exact) mass is 224 g/mol. The second kappa shape index (κ2) is 7.12. The van der Waals surface area contributed by atoms with Gasteiger partial charge in [-0.3, -0.25) is 0 Å². The maximum Gasteiger partial charge on any atom is 0.128 e. The summed E-state index contributed by atoms with van der Waals surface area (Å²) in [5, 5.41) is 9.16. The fourth-order valence-corrected chi connectivity index (χ4v) is 1.46. The highest BCUT2D eigenvalue weighted by atomic mass is 16.5. The summed E-state index contributed by atoms with van der Waals surface area (Å²) in [5.74, 6) is 1.47. The Labute approximate surface area is 97.0 Å². The number of unbranched alkanes of at least 4 members (excludes halogenated alkanes) is 2. The van der Waals surface area contributed by atoms with Gasteiger partial charge in [-0.1, -0.05) is 19.8 Å². The third-order valence-electron chi connectivity index (χ3n) is 2.45. The SMILES string of the molecule is CCCCCOc1cc(OC)ccc1CO. The average Bonchev–Trinajstić information content (AvgIpc) is 2.34. The van der Waals surface area contributed by atoms with Crippen molar-refractivity contribution in [2.24, 2.45) is 0 Å². The zero-order chi connectivity index (χ0) is 11.8. The zero-order valence-electron chi connectivity index (χ0n) is 10.0. The Kier molecular flexibility index (Phi) is 5.72. The number of aliphatic hydroxyl groups excluding tert-OH is 1. The quantitative estimate of drug-likeness (QED) is 0.724. The summed E-state index contributed by atoms with van der Waals surface area (Å²) >= 11 is 0. The molecule has 1 rings (SSSR count). The summed E-state index contributed by atoms with van der Waals surface area (Å²) < 4.78 is 10.8. The number of rotatable bonds is 7. The molecule has 0 heterocycles. The van der Waals surface area contributed by atoms with Crippen LogP contribution in [0.4, 0.5) is 0 Å². The van der Waals surface area contributed by atoms with Crippen molar-refractivity contribution in [1.82, 2.24) is 0 Å². The molecule has 3 nitrogen and oxygen atoms in total. The summed E-state index contributed by atoms with van der Waals surface area (Å²) in [6, 6.07) is 5.47. The van der Waals surface area contributed by atoms with Gasteiger partial charge in [0, 0.05) is 11.6 Å². The minimum absolute atomic E-state index is 0.00684. The molecule has 0 unspecified atom stereocenters. The van der Waals surface area contributed by atoms with Crippen LogP contribution in [0.15, 0.2) is 18.2 Å². The summed E-state index contributed by atoms with van der Waals surface area (Å²) in [6.45, 7) is 2.84. The van der Waals surface area contributed by atoms with E-state index < -0.39 is 0 Å². The normalized spacial score (nSPS) is 10.2. The van der Waals surface area contributed by atoms with Gasteiger partial charge in [-0.15, -0.1) is 0 Å². The number of hydrogen-bond donors (Lipinski definition) is 1. The van der Waals surface area contributed by atoms with Crippen LogP contribution in [0.3, 0.4) is 0 Å². The Hall–Kier alpha value is -1.22. The second-order valence-corrected chi connectivity index (χ2v) is 3.69. The average molecular weight is 224 g/mol. The van der Waals surface area contributed by atoms with E-state index in [4.69, 9.17) is 14.6 Å². The van der Waals surface area contributed by atoms with E-state index in [9.17, 15) is 0 Å². The van der Waals surface area contributed by atoms with Crippen molar-refractivity contribution >= 4 is 0 Å². The van der Waals surface area contributed by atoms with Crippen LogP contribution in [0.1, 0.15) is 31.7 Å². The van der Waals surface area contributed by atoms with Gasteiger partial charge in [-0.05, 0) is 18.6 Å². The van der Waals surface area contributed by atoms with E-state index >= 15 is 0 Å². The lowest BCUT2D eigenvalue weighted by Crippen LogP contribution is -2.00. The molecule has 0 aliphatic heterocycles. The standard InChI is InChI=1S/C13H20O3/c1-3-4-5-8-16-13-9-12(15-2)7-6-11(13)10-14/h6-7,9,14H,3-5,8,10H2,1-2H3. The maximum atomic E-state index is 9.16. The summed E-state index contributed by atoms with van der Waals surface area (Å²) in [5.41, 5.74) is 0.803. The molecule has 0 aromatic heterocycles. The van der Waals surface area contributed by atoms with Crippen molar-refractivity contribution in [3.05, 3.63) is 23.8 Å². The predicted molar refractivity (Wildman–Crippen MR) is 63.9 cm³/mol. The van der Waals surface area contributed by atoms with Gasteiger partial charge >= 0.3 is 0 Å². The molecule has 1 aromatic rings. The fraction of sp³-hybridized carbons (Fsp3) is 0.538. The molecular formula is C13H20O3. The van der Waals surface area contributed by atoms with Crippen LogP contribution < -0.4 is 9.47 Å². The van der Waals surface area contributed by atoms with Crippen LogP contribution in [0, 0.1) is 0 Å². The first-order valence-corrected chi connectivity index (χ1v) is 5.72. The third-order valence-corrected chi connectivity index (χ3v) is 2.45. The van der Waals surface area contributed by atoms with Crippen LogP contribution >= 0.6 is 0 Å². The Morgan fingerprint density at radius 3 is 2.69 bits per heavy atom. The fourth-order valence-electron chi connectivity index (χ4n) is 1.46. The molecule has 0 atom stereocenters. The topological polar surface area (TPSA) is 38.7 Å². The second-order valence-electron chi connectivity index (χ2n) is 3.69. The van der Waals surface area contributed by atoms with E-state index in [-0.39, 0.29) is 6.61 Å². The van der Waals surface area contributed by atoms with Gasteiger partial charge in [-0.2, -0.15) is 0 Å². The number of aliphatic hydroxyl groups is 1. The Bertz CT molecular complexity index is 310. The number of benzene rings is 1. The van der Waals surface area contributed by atoms with Gasteiger partial charge in [0.2, 0.25) is 0 Å². The molecule has 0 aliphatic rings. The van der Waals surface area contributed by atoms with Gasteiger partial charge in [0.15, 0.2) is 0 Å². The van der Waals surface area contributed by atoms with Crippen LogP contribution in [0.25, 0.3) is 0 Å². The van der Waals surface area contributed by atoms with Crippen LogP contribution in [0.2, 0.25) is 0 Å². The van der Waals surface area contributed by atoms with Crippen LogP contribution in [0.5, 0.6) is 11.5 Å². The smallest absolute Gasteiger partial charge is 0.128 e. The van der Waals surface area contributed by atoms with Crippen molar-refractivity contribution < 1.29 is 14.6 Å². The Balaban J connectivity index is 2.60. The first kappa shape index (κ1) is 12.8. The number of methoxy groups -OCH3 is 1. The lowest BCUT2D eigenvalue weighted by molar-refractivity contribution is 0.259. The highest BCUT2D eigenvalue weighted by molar-refractivity contribution is 5.40. The number of ether oxygens (including phenoxy) is 2. The van der Waals surface area contributed by atoms with Crippen LogP contribution in [-0.4, -0.2) is 18.8 Å². The van der Waals surface area contributed by atoms with Crippen LogP contribution in [-0.2, 0) is 6.61 Å². The Morgan fingerprint density at radius 1 is 1.25 bits per heavy atom. The van der Waals surface area contributed by atoms with Crippen molar-refractivity contribution in [1.29, 1.82) is 0 Å². The molecule has 0 saturated heterocycles. The van der Waals surface area contributed by atoms with Gasteiger partial charge in [0.1, 0.15) is 11.5 Å². The molecule has 90 valence electrons. The predicted octanol–water partition coefficient (Wildman–Crippen LogP) is 2.76. The summed E-state index contributed by atoms with van der Waals surface area (Å²) in [7, 11) is 1.62. The molecule has 16 heavy (non-hydrogen) atoms. The molecule has 1 aromatic carbocycles. The summed E-state index contributed by atoms with van der Waals surface area (Å²) in [4.78, 5) is 0. The van der Waals surface area contributed by atoms with Crippen molar-refractivity contribution in [2.45, 2.75) is 32.8 Å². The van der Waals surface area contributed by atoms with E-state index in [2.05, 4.69) is 6.92 Å². The third kappa shape index (κ3) is 3.74. The molecule has 0 saturated carbocycles. The zero-order valence-corrected chi connectivity index (χ0v) is 10.0. The van der Waals surface area contributed by atoms with Crippen molar-refractivity contribution in [2.75, 3.05) is 13.7 Å². The highest BCUT2D eigenvalue weighted by Gasteiger charge is 2.04. The first-order valence-electron chi connectivity index (χ1n) is 5.72. The van der Waals surface area contributed by atoms with E-state index in [0.29, 0.717) is 6.61 Å². The Morgan fingerprint density at radius 2 is 2.06 bits per heavy atom. The van der Waals surface area contributed by atoms with Crippen molar-refractivity contribution in [3.63, 3.8) is 0 Å². The van der Waals surface area contributed by atoms with E-state index in [1.807, 2.05) is 18.2 Å². The molecule has 0 spiro atoms. The molecule has 0 fully saturated rings. The van der Waals surface area contributed by atoms with E-state index in [0.717, 1.165) is 23.5 Å². The van der Waals surface area contributed by atoms with Gasteiger partial charge < -0.3 is 14.6 Å². The maximum absolute atomic E-state index is 9.16. The molecule has 3 heteroatoms. The minimum atomic E-state index is -0.00684. The molecule has 0 aliphatic carbocycles. The molecule has 0 bridgehead atoms. The van der Waals surface area contributed by atoms with Gasteiger partial charge in [0.25, 0.3) is 0 Å². The molecule has 0 radical (unpaired) electrons. The molecule has 1 N–H and O–H groups in total. The first-order chi connectivity index (χ1) is 7.81. The van der Waals surface area contributed by atoms with E-state index in [1.54, 1.807) is 7.11 Å². The molecule has 0 amide bonds. The lowest BCUT2D eigenvalue weighted by atomic mass is 10.2. The number of hydrogen-bond acceptors (Lipinski definition) is 3. The summed E-state index contributed by atoms with van der Waals surface area (Å²) in [6.07, 6.45) is 3.38. The molecular weight excluding hydrogens is 204 g/mol. The minimum Gasteiger partial charge on any atom is -0.497 e. The largest absolute Gasteiger partial charge is 0.497 e. The van der Waals surface area contributed by atoms with E-state index in [1.165, 1.54) is 12.8 Å². The van der Waals surface area contributed by atoms with Gasteiger partial charge in [0.05, 0.1) is 20.3 Å². The van der Waals surface area contributed by atoms with Crippen molar-refractivity contribution in [3.8, 4) is 11.5 Å². The van der Waals surface area contributed by atoms with Gasteiger partial charge in [-0.25, -0.2) is 0 Å².